The summed E-state index contributed by atoms with van der Waals surface area (Å²) in [4.78, 5) is 13.8. The molecule has 0 spiro atoms. The molecule has 1 amide bonds. The molecule has 0 radical (unpaired) electrons. The normalized spacial score (nSPS) is 10.1. The molecule has 2 N–H and O–H groups in total. The van der Waals surface area contributed by atoms with Crippen molar-refractivity contribution >= 4 is 18.5 Å². The van der Waals surface area contributed by atoms with Gasteiger partial charge in [0.05, 0.1) is 7.11 Å². The Hall–Kier alpha value is -1.53. The van der Waals surface area contributed by atoms with Crippen LogP contribution in [0.1, 0.15) is 24.2 Å². The quantitative estimate of drug-likeness (QED) is 0.714. The molecule has 1 rings (SSSR count). The molecule has 0 aliphatic carbocycles. The number of carbonyl (C=O) groups excluding carboxylic acids is 1. The van der Waals surface area contributed by atoms with Gasteiger partial charge in [-0.25, -0.2) is 0 Å². The molecule has 0 fully saturated rings. The summed E-state index contributed by atoms with van der Waals surface area (Å²) >= 11 is 0. The molecule has 1 aromatic carbocycles. The maximum Gasteiger partial charge on any atom is 0.492 e. The summed E-state index contributed by atoms with van der Waals surface area (Å²) in [5.41, 5.74) is 0.716. The van der Waals surface area contributed by atoms with Gasteiger partial charge in [-0.2, -0.15) is 0 Å². The minimum absolute atomic E-state index is 0.0997. The topological polar surface area (TPSA) is 70.0 Å². The van der Waals surface area contributed by atoms with Gasteiger partial charge in [-0.05, 0) is 26.0 Å². The van der Waals surface area contributed by atoms with Crippen LogP contribution < -0.4 is 10.2 Å². The van der Waals surface area contributed by atoms with Gasteiger partial charge in [0, 0.05) is 24.1 Å². The number of ether oxygens (including phenoxy) is 1. The smallest absolute Gasteiger partial charge is 0.492 e. The van der Waals surface area contributed by atoms with E-state index in [4.69, 9.17) is 14.8 Å². The Kier molecular flexibility index (Phi) is 5.18. The van der Waals surface area contributed by atoms with Gasteiger partial charge in [0.2, 0.25) is 0 Å². The molecule has 1 aromatic rings. The van der Waals surface area contributed by atoms with Gasteiger partial charge in [0.1, 0.15) is 5.75 Å². The Balaban J connectivity index is 3.09. The zero-order valence-electron chi connectivity index (χ0n) is 10.9. The fourth-order valence-corrected chi connectivity index (χ4v) is 1.75. The van der Waals surface area contributed by atoms with Gasteiger partial charge in [0.25, 0.3) is 5.91 Å². The van der Waals surface area contributed by atoms with E-state index >= 15 is 0 Å². The number of methoxy groups -OCH3 is 1. The predicted octanol–water partition coefficient (Wildman–Crippen LogP) is -0.143. The van der Waals surface area contributed by atoms with E-state index in [2.05, 4.69) is 0 Å². The lowest BCUT2D eigenvalue weighted by Crippen LogP contribution is -2.33. The van der Waals surface area contributed by atoms with Crippen LogP contribution in [0.15, 0.2) is 18.2 Å². The SMILES string of the molecule is CCN(CC)C(=O)c1ccc(B(O)O)c(OC)c1. The molecule has 0 aromatic heterocycles. The van der Waals surface area contributed by atoms with Crippen molar-refractivity contribution in [3.05, 3.63) is 23.8 Å². The number of amides is 1. The van der Waals surface area contributed by atoms with Gasteiger partial charge in [-0.15, -0.1) is 0 Å². The first-order valence-corrected chi connectivity index (χ1v) is 5.88. The second-order valence-corrected chi connectivity index (χ2v) is 3.81. The second-order valence-electron chi connectivity index (χ2n) is 3.81. The Morgan fingerprint density at radius 3 is 2.39 bits per heavy atom. The standard InChI is InChI=1S/C12H18BNO4/c1-4-14(5-2)12(15)9-6-7-10(13(16)17)11(8-9)18-3/h6-8,16-17H,4-5H2,1-3H3. The molecule has 0 bridgehead atoms. The van der Waals surface area contributed by atoms with E-state index in [0.717, 1.165) is 0 Å². The molecule has 0 unspecified atom stereocenters. The van der Waals surface area contributed by atoms with E-state index in [1.807, 2.05) is 13.8 Å². The molecule has 98 valence electrons. The highest BCUT2D eigenvalue weighted by atomic mass is 16.5. The Morgan fingerprint density at radius 1 is 1.33 bits per heavy atom. The molecular formula is C12H18BNO4. The fourth-order valence-electron chi connectivity index (χ4n) is 1.75. The lowest BCUT2D eigenvalue weighted by atomic mass is 9.79. The highest BCUT2D eigenvalue weighted by molar-refractivity contribution is 6.59. The largest absolute Gasteiger partial charge is 0.497 e. The number of benzene rings is 1. The summed E-state index contributed by atoms with van der Waals surface area (Å²) < 4.78 is 5.05. The lowest BCUT2D eigenvalue weighted by Gasteiger charge is -2.19. The molecular weight excluding hydrogens is 233 g/mol. The van der Waals surface area contributed by atoms with Gasteiger partial charge >= 0.3 is 7.12 Å². The van der Waals surface area contributed by atoms with Gasteiger partial charge in [-0.3, -0.25) is 4.79 Å². The summed E-state index contributed by atoms with van der Waals surface area (Å²) in [6.07, 6.45) is 0. The molecule has 0 aliphatic heterocycles. The van der Waals surface area contributed by atoms with Crippen molar-refractivity contribution in [3.63, 3.8) is 0 Å². The Labute approximate surface area is 107 Å². The summed E-state index contributed by atoms with van der Waals surface area (Å²) in [5.74, 6) is 0.195. The molecule has 0 saturated heterocycles. The van der Waals surface area contributed by atoms with Crippen molar-refractivity contribution in [1.29, 1.82) is 0 Å². The second kappa shape index (κ2) is 6.42. The predicted molar refractivity (Wildman–Crippen MR) is 70.1 cm³/mol. The maximum absolute atomic E-state index is 12.1. The summed E-state index contributed by atoms with van der Waals surface area (Å²) in [5, 5.41) is 18.3. The van der Waals surface area contributed by atoms with Crippen LogP contribution in [0.25, 0.3) is 0 Å². The van der Waals surface area contributed by atoms with Crippen molar-refractivity contribution in [3.8, 4) is 5.75 Å². The molecule has 6 heteroatoms. The van der Waals surface area contributed by atoms with Crippen LogP contribution in [0, 0.1) is 0 Å². The average Bonchev–Trinajstić information content (AvgIpc) is 2.39. The van der Waals surface area contributed by atoms with Crippen molar-refractivity contribution < 1.29 is 19.6 Å². The third kappa shape index (κ3) is 3.03. The van der Waals surface area contributed by atoms with Crippen LogP contribution in [0.3, 0.4) is 0 Å². The first kappa shape index (κ1) is 14.5. The summed E-state index contributed by atoms with van der Waals surface area (Å²) in [6, 6.07) is 4.58. The first-order chi connectivity index (χ1) is 8.54. The minimum atomic E-state index is -1.61. The van der Waals surface area contributed by atoms with Crippen molar-refractivity contribution in [2.45, 2.75) is 13.8 Å². The fraction of sp³-hybridized carbons (Fsp3) is 0.417. The number of rotatable bonds is 5. The summed E-state index contributed by atoms with van der Waals surface area (Å²) in [7, 11) is -0.190. The van der Waals surface area contributed by atoms with Crippen LogP contribution in [-0.2, 0) is 0 Å². The third-order valence-electron chi connectivity index (χ3n) is 2.81. The average molecular weight is 251 g/mol. The van der Waals surface area contributed by atoms with E-state index in [1.165, 1.54) is 19.2 Å². The van der Waals surface area contributed by atoms with Crippen molar-refractivity contribution in [2.24, 2.45) is 0 Å². The zero-order valence-corrected chi connectivity index (χ0v) is 10.9. The highest BCUT2D eigenvalue weighted by Crippen LogP contribution is 2.13. The zero-order chi connectivity index (χ0) is 13.7. The Morgan fingerprint density at radius 2 is 1.94 bits per heavy atom. The highest BCUT2D eigenvalue weighted by Gasteiger charge is 2.20. The first-order valence-electron chi connectivity index (χ1n) is 5.88. The molecule has 0 heterocycles. The third-order valence-corrected chi connectivity index (χ3v) is 2.81. The van der Waals surface area contributed by atoms with E-state index in [1.54, 1.807) is 11.0 Å². The van der Waals surface area contributed by atoms with E-state index in [0.29, 0.717) is 24.4 Å². The molecule has 0 atom stereocenters. The maximum atomic E-state index is 12.1. The number of hydrogen-bond donors (Lipinski definition) is 2. The van der Waals surface area contributed by atoms with Crippen LogP contribution in [-0.4, -0.2) is 48.2 Å². The van der Waals surface area contributed by atoms with Crippen LogP contribution in [0.4, 0.5) is 0 Å². The number of carbonyl (C=O) groups is 1. The minimum Gasteiger partial charge on any atom is -0.497 e. The van der Waals surface area contributed by atoms with Crippen LogP contribution >= 0.6 is 0 Å². The molecule has 0 saturated carbocycles. The van der Waals surface area contributed by atoms with Gasteiger partial charge < -0.3 is 19.7 Å². The molecule has 18 heavy (non-hydrogen) atoms. The van der Waals surface area contributed by atoms with Gasteiger partial charge in [-0.1, -0.05) is 6.07 Å². The molecule has 0 aliphatic rings. The van der Waals surface area contributed by atoms with Crippen molar-refractivity contribution in [2.75, 3.05) is 20.2 Å². The number of nitrogens with zero attached hydrogens (tertiary/aromatic N) is 1. The monoisotopic (exact) mass is 251 g/mol. The number of hydrogen-bond acceptors (Lipinski definition) is 4. The van der Waals surface area contributed by atoms with E-state index in [-0.39, 0.29) is 11.4 Å². The van der Waals surface area contributed by atoms with E-state index < -0.39 is 7.12 Å². The van der Waals surface area contributed by atoms with Crippen LogP contribution in [0.5, 0.6) is 5.75 Å². The summed E-state index contributed by atoms with van der Waals surface area (Å²) in [6.45, 7) is 5.07. The van der Waals surface area contributed by atoms with Crippen molar-refractivity contribution in [1.82, 2.24) is 4.90 Å². The molecule has 5 nitrogen and oxygen atoms in total. The van der Waals surface area contributed by atoms with Crippen LogP contribution in [0.2, 0.25) is 0 Å². The van der Waals surface area contributed by atoms with Gasteiger partial charge in [0.15, 0.2) is 0 Å². The van der Waals surface area contributed by atoms with E-state index in [9.17, 15) is 4.79 Å². The Bertz CT molecular complexity index is 419. The lowest BCUT2D eigenvalue weighted by molar-refractivity contribution is 0.0772.